The van der Waals surface area contributed by atoms with Crippen molar-refractivity contribution in [2.45, 2.75) is 50.8 Å². The Bertz CT molecular complexity index is 539. The van der Waals surface area contributed by atoms with Crippen molar-refractivity contribution in [2.24, 2.45) is 0 Å². The van der Waals surface area contributed by atoms with Crippen LogP contribution in [0.4, 0.5) is 0 Å². The third-order valence-corrected chi connectivity index (χ3v) is 3.68. The van der Waals surface area contributed by atoms with E-state index in [-0.39, 0.29) is 18.3 Å². The Labute approximate surface area is 129 Å². The maximum absolute atomic E-state index is 10.5. The second-order valence-electron chi connectivity index (χ2n) is 5.85. The fourth-order valence-electron chi connectivity index (χ4n) is 2.79. The van der Waals surface area contributed by atoms with Crippen LogP contribution in [0.2, 0.25) is 0 Å². The van der Waals surface area contributed by atoms with Crippen molar-refractivity contribution >= 4 is 6.29 Å². The second kappa shape index (κ2) is 6.30. The van der Waals surface area contributed by atoms with E-state index in [4.69, 9.17) is 18.9 Å². The first kappa shape index (κ1) is 15.4. The van der Waals surface area contributed by atoms with Crippen LogP contribution in [0, 0.1) is 0 Å². The molecule has 2 saturated heterocycles. The molecule has 1 aromatic carbocycles. The molecule has 0 N–H and O–H groups in total. The predicted octanol–water partition coefficient (Wildman–Crippen LogP) is 2.20. The van der Waals surface area contributed by atoms with Gasteiger partial charge in [0.05, 0.1) is 6.61 Å². The van der Waals surface area contributed by atoms with Gasteiger partial charge in [-0.05, 0) is 31.6 Å². The molecule has 0 aliphatic carbocycles. The van der Waals surface area contributed by atoms with E-state index in [1.165, 1.54) is 6.08 Å². The predicted molar refractivity (Wildman–Crippen MR) is 78.9 cm³/mol. The van der Waals surface area contributed by atoms with Crippen LogP contribution >= 0.6 is 0 Å². The topological polar surface area (TPSA) is 54.0 Å². The fraction of sp³-hybridized carbons (Fsp3) is 0.471. The number of fused-ring (bicyclic) bond motifs is 1. The molecule has 2 aliphatic heterocycles. The van der Waals surface area contributed by atoms with E-state index < -0.39 is 12.1 Å². The molecule has 0 radical (unpaired) electrons. The monoisotopic (exact) mass is 304 g/mol. The van der Waals surface area contributed by atoms with Gasteiger partial charge >= 0.3 is 0 Å². The number of carbonyl (C=O) groups is 1. The third-order valence-electron chi connectivity index (χ3n) is 3.68. The van der Waals surface area contributed by atoms with E-state index in [1.54, 1.807) is 6.08 Å². The molecule has 0 amide bonds. The number of ether oxygens (including phenoxy) is 4. The van der Waals surface area contributed by atoms with Gasteiger partial charge in [0.25, 0.3) is 0 Å². The quantitative estimate of drug-likeness (QED) is 0.616. The molecule has 4 atom stereocenters. The van der Waals surface area contributed by atoms with Crippen LogP contribution in [0.15, 0.2) is 42.5 Å². The molecule has 5 nitrogen and oxygen atoms in total. The molecule has 0 saturated carbocycles. The van der Waals surface area contributed by atoms with E-state index in [0.717, 1.165) is 11.8 Å². The van der Waals surface area contributed by atoms with Crippen LogP contribution in [0.5, 0.6) is 0 Å². The Morgan fingerprint density at radius 3 is 2.64 bits per heavy atom. The summed E-state index contributed by atoms with van der Waals surface area (Å²) in [5.74, 6) is -0.680. The Balaban J connectivity index is 1.68. The number of benzene rings is 1. The molecule has 118 valence electrons. The van der Waals surface area contributed by atoms with Gasteiger partial charge in [-0.1, -0.05) is 30.3 Å². The largest absolute Gasteiger partial charge is 0.345 e. The minimum atomic E-state index is -0.680. The van der Waals surface area contributed by atoms with Crippen molar-refractivity contribution in [3.8, 4) is 0 Å². The van der Waals surface area contributed by atoms with Gasteiger partial charge in [0.1, 0.15) is 24.6 Å². The number of rotatable bonds is 5. The normalized spacial score (nSPS) is 33.2. The van der Waals surface area contributed by atoms with Gasteiger partial charge in [-0.25, -0.2) is 0 Å². The molecule has 2 heterocycles. The zero-order valence-corrected chi connectivity index (χ0v) is 12.7. The van der Waals surface area contributed by atoms with Crippen LogP contribution in [-0.2, 0) is 30.3 Å². The van der Waals surface area contributed by atoms with Crippen LogP contribution in [0.3, 0.4) is 0 Å². The minimum absolute atomic E-state index is 0.271. The number of carbonyl (C=O) groups excluding carboxylic acids is 1. The zero-order valence-electron chi connectivity index (χ0n) is 12.7. The van der Waals surface area contributed by atoms with E-state index in [0.29, 0.717) is 6.61 Å². The molecular weight excluding hydrogens is 284 g/mol. The van der Waals surface area contributed by atoms with Gasteiger partial charge in [-0.15, -0.1) is 0 Å². The second-order valence-corrected chi connectivity index (χ2v) is 5.85. The van der Waals surface area contributed by atoms with Crippen molar-refractivity contribution in [2.75, 3.05) is 0 Å². The molecule has 2 aliphatic rings. The Morgan fingerprint density at radius 1 is 1.18 bits per heavy atom. The van der Waals surface area contributed by atoms with Crippen molar-refractivity contribution in [3.05, 3.63) is 48.0 Å². The summed E-state index contributed by atoms with van der Waals surface area (Å²) in [6, 6.07) is 9.87. The molecule has 0 aromatic heterocycles. The smallest absolute Gasteiger partial charge is 0.187 e. The lowest BCUT2D eigenvalue weighted by molar-refractivity contribution is -0.231. The molecule has 1 aromatic rings. The van der Waals surface area contributed by atoms with Gasteiger partial charge in [0.2, 0.25) is 0 Å². The fourth-order valence-corrected chi connectivity index (χ4v) is 2.79. The first-order valence-corrected chi connectivity index (χ1v) is 7.38. The molecule has 3 rings (SSSR count). The lowest BCUT2D eigenvalue weighted by Crippen LogP contribution is -2.31. The summed E-state index contributed by atoms with van der Waals surface area (Å²) in [5, 5.41) is 0. The van der Waals surface area contributed by atoms with Crippen LogP contribution in [0.1, 0.15) is 19.4 Å². The van der Waals surface area contributed by atoms with Crippen molar-refractivity contribution in [3.63, 3.8) is 0 Å². The van der Waals surface area contributed by atoms with Gasteiger partial charge in [0, 0.05) is 0 Å². The highest BCUT2D eigenvalue weighted by Crippen LogP contribution is 2.39. The SMILES string of the molecule is CC1(C)O[C@@H]2[C@@H](OCc3ccccc3)O[C@@H](/C=C/C=O)[C@H]2O1. The van der Waals surface area contributed by atoms with E-state index in [1.807, 2.05) is 44.2 Å². The van der Waals surface area contributed by atoms with Crippen LogP contribution < -0.4 is 0 Å². The number of aldehydes is 1. The summed E-state index contributed by atoms with van der Waals surface area (Å²) in [7, 11) is 0. The highest BCUT2D eigenvalue weighted by atomic mass is 16.8. The highest BCUT2D eigenvalue weighted by molar-refractivity contribution is 5.64. The number of hydrogen-bond donors (Lipinski definition) is 0. The summed E-state index contributed by atoms with van der Waals surface area (Å²) in [5.41, 5.74) is 1.06. The molecule has 0 spiro atoms. The van der Waals surface area contributed by atoms with Gasteiger partial charge in [-0.3, -0.25) is 4.79 Å². The summed E-state index contributed by atoms with van der Waals surface area (Å²) < 4.78 is 23.4. The first-order chi connectivity index (χ1) is 10.6. The average Bonchev–Trinajstić information content (AvgIpc) is 2.98. The van der Waals surface area contributed by atoms with Crippen molar-refractivity contribution in [1.29, 1.82) is 0 Å². The van der Waals surface area contributed by atoms with Gasteiger partial charge < -0.3 is 18.9 Å². The van der Waals surface area contributed by atoms with Gasteiger partial charge in [-0.2, -0.15) is 0 Å². The molecular formula is C17H20O5. The maximum atomic E-state index is 10.5. The van der Waals surface area contributed by atoms with Crippen molar-refractivity contribution < 1.29 is 23.7 Å². The highest BCUT2D eigenvalue weighted by Gasteiger charge is 2.55. The summed E-state index contributed by atoms with van der Waals surface area (Å²) in [6.45, 7) is 4.16. The maximum Gasteiger partial charge on any atom is 0.187 e. The number of allylic oxidation sites excluding steroid dienone is 1. The summed E-state index contributed by atoms with van der Waals surface area (Å²) in [4.78, 5) is 10.5. The van der Waals surface area contributed by atoms with E-state index in [2.05, 4.69) is 0 Å². The molecule has 0 unspecified atom stereocenters. The van der Waals surface area contributed by atoms with Gasteiger partial charge in [0.15, 0.2) is 12.1 Å². The standard InChI is InChI=1S/C17H20O5/c1-17(2)21-14-13(9-6-10-18)20-16(15(14)22-17)19-11-12-7-4-3-5-8-12/h3-10,13-16H,11H2,1-2H3/b9-6+/t13-,14+,15-,16-/m0/s1. The minimum Gasteiger partial charge on any atom is -0.345 e. The van der Waals surface area contributed by atoms with Crippen molar-refractivity contribution in [1.82, 2.24) is 0 Å². The molecule has 22 heavy (non-hydrogen) atoms. The van der Waals surface area contributed by atoms with E-state index in [9.17, 15) is 4.79 Å². The Hall–Kier alpha value is -1.53. The summed E-state index contributed by atoms with van der Waals surface area (Å²) >= 11 is 0. The first-order valence-electron chi connectivity index (χ1n) is 7.38. The number of hydrogen-bond acceptors (Lipinski definition) is 5. The van der Waals surface area contributed by atoms with E-state index >= 15 is 0 Å². The van der Waals surface area contributed by atoms with Crippen LogP contribution in [-0.4, -0.2) is 36.7 Å². The Morgan fingerprint density at radius 2 is 1.91 bits per heavy atom. The third kappa shape index (κ3) is 3.28. The molecule has 2 fully saturated rings. The molecule has 0 bridgehead atoms. The lowest BCUT2D eigenvalue weighted by atomic mass is 10.1. The Kier molecular flexibility index (Phi) is 4.40. The average molecular weight is 304 g/mol. The molecule has 5 heteroatoms. The van der Waals surface area contributed by atoms with Crippen LogP contribution in [0.25, 0.3) is 0 Å². The zero-order chi connectivity index (χ0) is 15.6. The lowest BCUT2D eigenvalue weighted by Gasteiger charge is -2.23. The summed E-state index contributed by atoms with van der Waals surface area (Å²) in [6.07, 6.45) is 2.37.